The molecule has 0 radical (unpaired) electrons. The van der Waals surface area contributed by atoms with Crippen molar-refractivity contribution < 1.29 is 41.6 Å². The van der Waals surface area contributed by atoms with Crippen LogP contribution in [0.1, 0.15) is 18.7 Å². The summed E-state index contributed by atoms with van der Waals surface area (Å²) in [5.41, 5.74) is 0. The van der Waals surface area contributed by atoms with E-state index in [1.54, 1.807) is 6.20 Å². The first-order chi connectivity index (χ1) is 12.6. The summed E-state index contributed by atoms with van der Waals surface area (Å²) in [4.78, 5) is 16.1. The normalized spacial score (nSPS) is 21.5. The molecule has 2 aromatic heterocycles. The Kier molecular flexibility index (Phi) is 5.28. The second-order valence-corrected chi connectivity index (χ2v) is 6.82. The van der Waals surface area contributed by atoms with E-state index in [2.05, 4.69) is 25.4 Å². The number of thiazole rings is 1. The number of piperazine rings is 1. The van der Waals surface area contributed by atoms with Crippen molar-refractivity contribution in [1.82, 2.24) is 15.2 Å². The van der Waals surface area contributed by atoms with E-state index in [0.717, 1.165) is 18.2 Å². The van der Waals surface area contributed by atoms with Crippen molar-refractivity contribution in [3.63, 3.8) is 0 Å². The van der Waals surface area contributed by atoms with Gasteiger partial charge in [0.25, 0.3) is 11.8 Å². The number of carbonyl (C=O) groups excluding carboxylic acids is 1. The molecule has 2 N–H and O–H groups in total. The third kappa shape index (κ3) is 4.32. The SMILES string of the molecule is FC(F)c1nnc(-c2cnc(N3CC4CC3C[NH2+]4)s2)o1.O=C([O-])C(F)(F)F. The van der Waals surface area contributed by atoms with Gasteiger partial charge in [0.1, 0.15) is 16.9 Å². The van der Waals surface area contributed by atoms with E-state index in [4.69, 9.17) is 14.3 Å². The topological polar surface area (TPSA) is 112 Å². The maximum Gasteiger partial charge on any atom is 0.430 e. The minimum absolute atomic E-state index is 0.111. The Balaban J connectivity index is 0.000000260. The van der Waals surface area contributed by atoms with Gasteiger partial charge >= 0.3 is 12.6 Å². The van der Waals surface area contributed by atoms with Gasteiger partial charge in [-0.25, -0.2) is 4.98 Å². The number of hydrogen-bond acceptors (Lipinski definition) is 8. The van der Waals surface area contributed by atoms with Crippen LogP contribution in [0.4, 0.5) is 27.1 Å². The van der Waals surface area contributed by atoms with Crippen LogP contribution >= 0.6 is 11.3 Å². The highest BCUT2D eigenvalue weighted by atomic mass is 32.1. The average molecular weight is 413 g/mol. The molecular weight excluding hydrogens is 401 g/mol. The first-order valence-electron chi connectivity index (χ1n) is 7.61. The second-order valence-electron chi connectivity index (χ2n) is 5.81. The molecule has 8 nitrogen and oxygen atoms in total. The third-order valence-corrected chi connectivity index (χ3v) is 5.02. The first-order valence-corrected chi connectivity index (χ1v) is 8.42. The van der Waals surface area contributed by atoms with E-state index >= 15 is 0 Å². The lowest BCUT2D eigenvalue weighted by molar-refractivity contribution is -0.672. The van der Waals surface area contributed by atoms with Crippen LogP contribution in [0, 0.1) is 0 Å². The fourth-order valence-corrected chi connectivity index (χ4v) is 3.77. The number of rotatable bonds is 3. The number of carboxylic acid groups (broad SMARTS) is 1. The van der Waals surface area contributed by atoms with E-state index in [9.17, 15) is 22.0 Å². The molecule has 0 aliphatic carbocycles. The summed E-state index contributed by atoms with van der Waals surface area (Å²) < 4.78 is 61.3. The molecular formula is C13H12F5N5O3S. The van der Waals surface area contributed by atoms with Gasteiger partial charge in [0.15, 0.2) is 5.13 Å². The highest BCUT2D eigenvalue weighted by Gasteiger charge is 2.42. The van der Waals surface area contributed by atoms with Crippen LogP contribution in [0.3, 0.4) is 0 Å². The lowest BCUT2D eigenvalue weighted by atomic mass is 10.2. The molecule has 4 rings (SSSR count). The number of carboxylic acids is 1. The molecule has 27 heavy (non-hydrogen) atoms. The van der Waals surface area contributed by atoms with Crippen molar-refractivity contribution in [2.45, 2.75) is 31.1 Å². The van der Waals surface area contributed by atoms with E-state index < -0.39 is 24.5 Å². The molecule has 0 aromatic carbocycles. The summed E-state index contributed by atoms with van der Waals surface area (Å²) in [5.74, 6) is -3.54. The van der Waals surface area contributed by atoms with Gasteiger partial charge in [-0.3, -0.25) is 0 Å². The average Bonchev–Trinajstić information content (AvgIpc) is 3.35. The van der Waals surface area contributed by atoms with Crippen LogP contribution in [0.2, 0.25) is 0 Å². The maximum atomic E-state index is 12.4. The molecule has 0 amide bonds. The number of anilines is 1. The van der Waals surface area contributed by atoms with Crippen LogP contribution in [0.15, 0.2) is 10.6 Å². The molecule has 2 aliphatic rings. The van der Waals surface area contributed by atoms with Gasteiger partial charge in [0, 0.05) is 6.42 Å². The van der Waals surface area contributed by atoms with Crippen molar-refractivity contribution >= 4 is 22.4 Å². The Morgan fingerprint density at radius 1 is 1.41 bits per heavy atom. The van der Waals surface area contributed by atoms with E-state index in [1.165, 1.54) is 17.8 Å². The number of nitrogens with zero attached hydrogens (tertiary/aromatic N) is 4. The Bertz CT molecular complexity index is 810. The molecule has 148 valence electrons. The van der Waals surface area contributed by atoms with Gasteiger partial charge in [-0.05, 0) is 0 Å². The molecule has 0 saturated carbocycles. The van der Waals surface area contributed by atoms with Gasteiger partial charge in [0.05, 0.1) is 25.3 Å². The highest BCUT2D eigenvalue weighted by Crippen LogP contribution is 2.35. The summed E-state index contributed by atoms with van der Waals surface area (Å²) in [7, 11) is 0. The van der Waals surface area contributed by atoms with E-state index in [1.807, 2.05) is 0 Å². The minimum Gasteiger partial charge on any atom is -0.542 e. The number of hydrogen-bond donors (Lipinski definition) is 1. The van der Waals surface area contributed by atoms with Crippen LogP contribution in [-0.4, -0.2) is 52.5 Å². The monoisotopic (exact) mass is 413 g/mol. The molecule has 14 heteroatoms. The largest absolute Gasteiger partial charge is 0.542 e. The standard InChI is InChI=1S/C11H11F2N5OS.C2HF3O2/c12-8(13)10-17-16-9(19-10)7-3-15-11(20-7)18-4-5-1-6(18)2-14-5;3-2(4,5)1(6)7/h3,5-6,8,14H,1-2,4H2;(H,6,7). The number of nitrogens with two attached hydrogens (primary N) is 1. The molecule has 4 heterocycles. The van der Waals surface area contributed by atoms with E-state index in [-0.39, 0.29) is 5.89 Å². The van der Waals surface area contributed by atoms with Gasteiger partial charge in [-0.1, -0.05) is 11.3 Å². The Hall–Kier alpha value is -2.35. The number of carbonyl (C=O) groups is 1. The zero-order valence-corrected chi connectivity index (χ0v) is 14.1. The lowest BCUT2D eigenvalue weighted by Gasteiger charge is -2.24. The molecule has 2 aliphatic heterocycles. The predicted octanol–water partition coefficient (Wildman–Crippen LogP) is -0.0464. The van der Waals surface area contributed by atoms with Crippen molar-refractivity contribution in [3.8, 4) is 10.8 Å². The van der Waals surface area contributed by atoms with Crippen LogP contribution in [0.25, 0.3) is 10.8 Å². The van der Waals surface area contributed by atoms with Crippen molar-refractivity contribution in [2.75, 3.05) is 18.0 Å². The Labute approximate surface area is 152 Å². The van der Waals surface area contributed by atoms with Gasteiger partial charge in [-0.15, -0.1) is 10.2 Å². The van der Waals surface area contributed by atoms with Crippen LogP contribution in [-0.2, 0) is 4.79 Å². The van der Waals surface area contributed by atoms with E-state index in [0.29, 0.717) is 17.0 Å². The number of quaternary nitrogens is 1. The molecule has 2 fully saturated rings. The molecule has 2 bridgehead atoms. The van der Waals surface area contributed by atoms with Crippen LogP contribution < -0.4 is 15.3 Å². The van der Waals surface area contributed by atoms with Crippen molar-refractivity contribution in [2.24, 2.45) is 0 Å². The lowest BCUT2D eigenvalue weighted by Crippen LogP contribution is -2.91. The van der Waals surface area contributed by atoms with Gasteiger partial charge < -0.3 is 24.5 Å². The maximum absolute atomic E-state index is 12.4. The molecule has 0 spiro atoms. The number of fused-ring (bicyclic) bond motifs is 2. The Morgan fingerprint density at radius 2 is 2.11 bits per heavy atom. The Morgan fingerprint density at radius 3 is 2.59 bits per heavy atom. The third-order valence-electron chi connectivity index (χ3n) is 4.00. The van der Waals surface area contributed by atoms with Crippen LogP contribution in [0.5, 0.6) is 0 Å². The smallest absolute Gasteiger partial charge is 0.430 e. The second kappa shape index (κ2) is 7.34. The zero-order valence-electron chi connectivity index (χ0n) is 13.3. The number of aliphatic carboxylic acids is 1. The molecule has 2 atom stereocenters. The van der Waals surface area contributed by atoms with Crippen molar-refractivity contribution in [3.05, 3.63) is 12.1 Å². The molecule has 2 saturated heterocycles. The summed E-state index contributed by atoms with van der Waals surface area (Å²) in [6.45, 7) is 2.08. The minimum atomic E-state index is -5.19. The fourth-order valence-electron chi connectivity index (χ4n) is 2.85. The number of alkyl halides is 5. The number of halogens is 5. The van der Waals surface area contributed by atoms with Gasteiger partial charge in [-0.2, -0.15) is 22.0 Å². The number of aromatic nitrogens is 3. The van der Waals surface area contributed by atoms with Crippen molar-refractivity contribution in [1.29, 1.82) is 0 Å². The predicted molar refractivity (Wildman–Crippen MR) is 77.8 cm³/mol. The summed E-state index contributed by atoms with van der Waals surface area (Å²) in [6.07, 6.45) is -5.14. The summed E-state index contributed by atoms with van der Waals surface area (Å²) >= 11 is 1.41. The highest BCUT2D eigenvalue weighted by molar-refractivity contribution is 7.18. The summed E-state index contributed by atoms with van der Waals surface area (Å²) in [6, 6.07) is 1.18. The van der Waals surface area contributed by atoms with Gasteiger partial charge in [0.2, 0.25) is 0 Å². The molecule has 2 aromatic rings. The quantitative estimate of drug-likeness (QED) is 0.703. The summed E-state index contributed by atoms with van der Waals surface area (Å²) in [5, 5.41) is 19.0. The molecule has 2 unspecified atom stereocenters. The first kappa shape index (κ1) is 19.4. The fraction of sp³-hybridized carbons (Fsp3) is 0.538. The zero-order chi connectivity index (χ0) is 19.8.